The van der Waals surface area contributed by atoms with Gasteiger partial charge in [0.25, 0.3) is 0 Å². The Morgan fingerprint density at radius 1 is 0.941 bits per heavy atom. The van der Waals surface area contributed by atoms with Gasteiger partial charge in [-0.05, 0) is 44.3 Å². The van der Waals surface area contributed by atoms with Crippen LogP contribution in [-0.4, -0.2) is 24.4 Å². The lowest BCUT2D eigenvalue weighted by atomic mass is 10.3. The van der Waals surface area contributed by atoms with Gasteiger partial charge in [0.2, 0.25) is 0 Å². The summed E-state index contributed by atoms with van der Waals surface area (Å²) in [5.74, 6) is 0. The molecule has 0 aliphatic heterocycles. The molecule has 0 amide bonds. The van der Waals surface area contributed by atoms with Gasteiger partial charge >= 0.3 is 0 Å². The molecular weight excluding hydrogens is 227 g/mol. The van der Waals surface area contributed by atoms with E-state index in [1.165, 1.54) is 17.6 Å². The molecule has 0 aliphatic rings. The molecule has 96 valence electrons. The van der Waals surface area contributed by atoms with Crippen molar-refractivity contribution in [2.24, 2.45) is 11.5 Å². The van der Waals surface area contributed by atoms with E-state index >= 15 is 0 Å². The van der Waals surface area contributed by atoms with Crippen molar-refractivity contribution in [3.63, 3.8) is 0 Å². The summed E-state index contributed by atoms with van der Waals surface area (Å²) < 4.78 is 0. The van der Waals surface area contributed by atoms with Gasteiger partial charge in [-0.1, -0.05) is 38.3 Å². The Balaban J connectivity index is 2.58. The Morgan fingerprint density at radius 3 is 1.82 bits per heavy atom. The van der Waals surface area contributed by atoms with Gasteiger partial charge in [-0.15, -0.1) is 0 Å². The van der Waals surface area contributed by atoms with Gasteiger partial charge in [0.15, 0.2) is 0 Å². The first-order chi connectivity index (χ1) is 8.09. The summed E-state index contributed by atoms with van der Waals surface area (Å²) in [6.45, 7) is 4.17. The zero-order valence-corrected chi connectivity index (χ0v) is 11.9. The summed E-state index contributed by atoms with van der Waals surface area (Å²) in [6, 6.07) is 11.4. The fraction of sp³-hybridized carbons (Fsp3) is 0.571. The van der Waals surface area contributed by atoms with Gasteiger partial charge < -0.3 is 11.5 Å². The molecule has 17 heavy (non-hydrogen) atoms. The van der Waals surface area contributed by atoms with Crippen molar-refractivity contribution >= 4 is 13.2 Å². The molecule has 0 saturated heterocycles. The van der Waals surface area contributed by atoms with Crippen LogP contribution in [0.25, 0.3) is 0 Å². The molecule has 1 aromatic carbocycles. The fourth-order valence-corrected chi connectivity index (χ4v) is 4.50. The lowest BCUT2D eigenvalue weighted by Crippen LogP contribution is -2.20. The van der Waals surface area contributed by atoms with Crippen LogP contribution in [0.3, 0.4) is 0 Å². The Kier molecular flexibility index (Phi) is 6.72. The maximum absolute atomic E-state index is 5.86. The van der Waals surface area contributed by atoms with Crippen LogP contribution in [0, 0.1) is 0 Å². The van der Waals surface area contributed by atoms with Crippen LogP contribution in [0.2, 0.25) is 0 Å². The van der Waals surface area contributed by atoms with Crippen molar-refractivity contribution in [1.82, 2.24) is 0 Å². The third-order valence-electron chi connectivity index (χ3n) is 2.83. The minimum Gasteiger partial charge on any atom is -0.328 e. The van der Waals surface area contributed by atoms with Gasteiger partial charge in [0.05, 0.1) is 0 Å². The summed E-state index contributed by atoms with van der Waals surface area (Å²) >= 11 is 0. The average molecular weight is 252 g/mol. The Morgan fingerprint density at radius 2 is 1.41 bits per heavy atom. The van der Waals surface area contributed by atoms with Crippen molar-refractivity contribution in [3.8, 4) is 0 Å². The second-order valence-electron chi connectivity index (χ2n) is 4.85. The molecule has 0 heterocycles. The molecule has 3 heteroatoms. The first kappa shape index (κ1) is 14.6. The highest BCUT2D eigenvalue weighted by Crippen LogP contribution is 2.36. The molecule has 0 radical (unpaired) electrons. The van der Waals surface area contributed by atoms with Crippen LogP contribution in [0.4, 0.5) is 0 Å². The Bertz CT molecular complexity index is 286. The van der Waals surface area contributed by atoms with E-state index in [0.717, 1.165) is 12.8 Å². The predicted molar refractivity (Wildman–Crippen MR) is 79.3 cm³/mol. The average Bonchev–Trinajstić information content (AvgIpc) is 2.29. The normalized spacial score (nSPS) is 16.5. The number of nitrogens with two attached hydrogens (primary N) is 2. The van der Waals surface area contributed by atoms with Crippen molar-refractivity contribution in [3.05, 3.63) is 30.3 Å². The smallest absolute Gasteiger partial charge is 0.00139 e. The largest absolute Gasteiger partial charge is 0.328 e. The van der Waals surface area contributed by atoms with Crippen LogP contribution in [-0.2, 0) is 0 Å². The standard InChI is InChI=1S/C14H25N2P/c1-12(15)8-10-17(11-9-13(2)16)14-6-4-3-5-7-14/h3-7,12-13H,8-11,15-16H2,1-2H3. The highest BCUT2D eigenvalue weighted by atomic mass is 31.1. The van der Waals surface area contributed by atoms with E-state index in [9.17, 15) is 0 Å². The van der Waals surface area contributed by atoms with E-state index in [2.05, 4.69) is 44.2 Å². The van der Waals surface area contributed by atoms with Crippen molar-refractivity contribution in [2.45, 2.75) is 38.8 Å². The zero-order valence-electron chi connectivity index (χ0n) is 11.0. The summed E-state index contributed by atoms with van der Waals surface area (Å²) in [4.78, 5) is 0. The predicted octanol–water partition coefficient (Wildman–Crippen LogP) is 2.27. The summed E-state index contributed by atoms with van der Waals surface area (Å²) in [5.41, 5.74) is 11.7. The third-order valence-corrected chi connectivity index (χ3v) is 5.45. The lowest BCUT2D eigenvalue weighted by Gasteiger charge is -2.20. The molecule has 2 unspecified atom stereocenters. The second-order valence-corrected chi connectivity index (χ2v) is 7.35. The molecule has 0 saturated carbocycles. The van der Waals surface area contributed by atoms with Gasteiger partial charge in [-0.2, -0.15) is 0 Å². The van der Waals surface area contributed by atoms with E-state index in [1.807, 2.05) is 0 Å². The van der Waals surface area contributed by atoms with Gasteiger partial charge in [-0.25, -0.2) is 0 Å². The quantitative estimate of drug-likeness (QED) is 0.731. The maximum atomic E-state index is 5.86. The number of rotatable bonds is 7. The van der Waals surface area contributed by atoms with Crippen LogP contribution >= 0.6 is 7.92 Å². The van der Waals surface area contributed by atoms with Crippen LogP contribution < -0.4 is 16.8 Å². The maximum Gasteiger partial charge on any atom is 0.00139 e. The molecule has 0 aliphatic carbocycles. The fourth-order valence-electron chi connectivity index (χ4n) is 1.73. The SMILES string of the molecule is CC(N)CCP(CCC(C)N)c1ccccc1. The van der Waals surface area contributed by atoms with Gasteiger partial charge in [-0.3, -0.25) is 0 Å². The van der Waals surface area contributed by atoms with Crippen molar-refractivity contribution in [1.29, 1.82) is 0 Å². The highest BCUT2D eigenvalue weighted by molar-refractivity contribution is 7.65. The number of hydrogen-bond acceptors (Lipinski definition) is 2. The van der Waals surface area contributed by atoms with Gasteiger partial charge in [0.1, 0.15) is 0 Å². The van der Waals surface area contributed by atoms with Crippen LogP contribution in [0.1, 0.15) is 26.7 Å². The Labute approximate surface area is 107 Å². The molecule has 1 rings (SSSR count). The van der Waals surface area contributed by atoms with E-state index in [1.54, 1.807) is 0 Å². The molecular formula is C14H25N2P. The third kappa shape index (κ3) is 6.16. The number of hydrogen-bond donors (Lipinski definition) is 2. The molecule has 0 bridgehead atoms. The summed E-state index contributed by atoms with van der Waals surface area (Å²) in [6.07, 6.45) is 4.67. The second kappa shape index (κ2) is 7.81. The molecule has 1 aromatic rings. The molecule has 0 fully saturated rings. The lowest BCUT2D eigenvalue weighted by molar-refractivity contribution is 0.707. The van der Waals surface area contributed by atoms with Gasteiger partial charge in [0, 0.05) is 12.1 Å². The first-order valence-corrected chi connectivity index (χ1v) is 8.12. The molecule has 0 spiro atoms. The van der Waals surface area contributed by atoms with E-state index in [4.69, 9.17) is 11.5 Å². The van der Waals surface area contributed by atoms with Crippen LogP contribution in [0.15, 0.2) is 30.3 Å². The molecule has 2 nitrogen and oxygen atoms in total. The number of benzene rings is 1. The van der Waals surface area contributed by atoms with E-state index in [-0.39, 0.29) is 7.92 Å². The molecule has 4 N–H and O–H groups in total. The highest BCUT2D eigenvalue weighted by Gasteiger charge is 2.12. The zero-order chi connectivity index (χ0) is 12.7. The summed E-state index contributed by atoms with van der Waals surface area (Å²) in [5, 5.41) is 1.49. The first-order valence-electron chi connectivity index (χ1n) is 6.40. The molecule has 2 atom stereocenters. The van der Waals surface area contributed by atoms with Crippen LogP contribution in [0.5, 0.6) is 0 Å². The Hall–Kier alpha value is -0.430. The van der Waals surface area contributed by atoms with Crippen molar-refractivity contribution in [2.75, 3.05) is 12.3 Å². The minimum atomic E-state index is -0.0808. The summed E-state index contributed by atoms with van der Waals surface area (Å²) in [7, 11) is -0.0808. The van der Waals surface area contributed by atoms with Crippen molar-refractivity contribution < 1.29 is 0 Å². The van der Waals surface area contributed by atoms with E-state index < -0.39 is 0 Å². The monoisotopic (exact) mass is 252 g/mol. The minimum absolute atomic E-state index is 0.0808. The van der Waals surface area contributed by atoms with E-state index in [0.29, 0.717) is 12.1 Å². The molecule has 0 aromatic heterocycles. The topological polar surface area (TPSA) is 52.0 Å².